The zero-order chi connectivity index (χ0) is 12.2. The maximum absolute atomic E-state index is 3.48. The Balaban J connectivity index is 2.46. The van der Waals surface area contributed by atoms with Gasteiger partial charge in [0.05, 0.1) is 0 Å². The Morgan fingerprint density at radius 3 is 2.38 bits per heavy atom. The van der Waals surface area contributed by atoms with Gasteiger partial charge in [-0.1, -0.05) is 18.2 Å². The van der Waals surface area contributed by atoms with Crippen LogP contribution >= 0.6 is 0 Å². The maximum atomic E-state index is 3.48. The molecule has 0 aliphatic rings. The highest BCUT2D eigenvalue weighted by Crippen LogP contribution is 2.09. The predicted molar refractivity (Wildman–Crippen MR) is 70.8 cm³/mol. The standard InChI is InChI=1S/C14H24N2/c1-11-6-7-13(8-12(11)2)9-16-10-14(3,4)15-5/h6-8,15-16H,9-10H2,1-5H3. The topological polar surface area (TPSA) is 24.1 Å². The van der Waals surface area contributed by atoms with Crippen molar-refractivity contribution in [2.75, 3.05) is 13.6 Å². The van der Waals surface area contributed by atoms with E-state index in [1.807, 2.05) is 7.05 Å². The molecule has 0 saturated heterocycles. The lowest BCUT2D eigenvalue weighted by atomic mass is 10.0. The van der Waals surface area contributed by atoms with Crippen molar-refractivity contribution >= 4 is 0 Å². The molecule has 2 nitrogen and oxygen atoms in total. The van der Waals surface area contributed by atoms with Crippen LogP contribution < -0.4 is 10.6 Å². The molecule has 2 N–H and O–H groups in total. The van der Waals surface area contributed by atoms with Crippen molar-refractivity contribution in [3.05, 3.63) is 34.9 Å². The predicted octanol–water partition coefficient (Wildman–Crippen LogP) is 2.39. The van der Waals surface area contributed by atoms with E-state index in [1.165, 1.54) is 16.7 Å². The number of rotatable bonds is 5. The van der Waals surface area contributed by atoms with Gasteiger partial charge in [-0.05, 0) is 51.4 Å². The van der Waals surface area contributed by atoms with Gasteiger partial charge in [-0.25, -0.2) is 0 Å². The van der Waals surface area contributed by atoms with Crippen molar-refractivity contribution in [3.63, 3.8) is 0 Å². The minimum absolute atomic E-state index is 0.153. The first-order chi connectivity index (χ1) is 7.44. The van der Waals surface area contributed by atoms with Gasteiger partial charge in [-0.2, -0.15) is 0 Å². The highest BCUT2D eigenvalue weighted by molar-refractivity contribution is 5.29. The molecule has 0 heterocycles. The summed E-state index contributed by atoms with van der Waals surface area (Å²) in [6.45, 7) is 10.6. The third-order valence-electron chi connectivity index (χ3n) is 3.14. The Morgan fingerprint density at radius 1 is 1.12 bits per heavy atom. The molecule has 1 rings (SSSR count). The molecule has 90 valence electrons. The number of aryl methyl sites for hydroxylation is 2. The lowest BCUT2D eigenvalue weighted by Crippen LogP contribution is -2.45. The second kappa shape index (κ2) is 5.46. The first-order valence-corrected chi connectivity index (χ1v) is 5.90. The smallest absolute Gasteiger partial charge is 0.0246 e. The number of likely N-dealkylation sites (N-methyl/N-ethyl adjacent to an activating group) is 1. The fraction of sp³-hybridized carbons (Fsp3) is 0.571. The zero-order valence-electron chi connectivity index (χ0n) is 11.1. The van der Waals surface area contributed by atoms with Crippen LogP contribution in [0.5, 0.6) is 0 Å². The van der Waals surface area contributed by atoms with Crippen LogP contribution in [-0.2, 0) is 6.54 Å². The van der Waals surface area contributed by atoms with E-state index >= 15 is 0 Å². The van der Waals surface area contributed by atoms with Gasteiger partial charge < -0.3 is 10.6 Å². The van der Waals surface area contributed by atoms with E-state index < -0.39 is 0 Å². The third kappa shape index (κ3) is 3.95. The molecule has 0 amide bonds. The summed E-state index contributed by atoms with van der Waals surface area (Å²) in [5.41, 5.74) is 4.24. The molecule has 0 spiro atoms. The summed E-state index contributed by atoms with van der Waals surface area (Å²) in [5, 5.41) is 6.76. The lowest BCUT2D eigenvalue weighted by Gasteiger charge is -2.24. The normalized spacial score (nSPS) is 11.8. The largest absolute Gasteiger partial charge is 0.314 e. The lowest BCUT2D eigenvalue weighted by molar-refractivity contribution is 0.393. The van der Waals surface area contributed by atoms with Crippen LogP contribution in [0.3, 0.4) is 0 Å². The van der Waals surface area contributed by atoms with Crippen molar-refractivity contribution < 1.29 is 0 Å². The van der Waals surface area contributed by atoms with Crippen LogP contribution in [0, 0.1) is 13.8 Å². The molecule has 0 unspecified atom stereocenters. The zero-order valence-corrected chi connectivity index (χ0v) is 11.1. The molecular formula is C14H24N2. The van der Waals surface area contributed by atoms with Gasteiger partial charge in [0, 0.05) is 18.6 Å². The first kappa shape index (κ1) is 13.2. The molecule has 2 heteroatoms. The summed E-state index contributed by atoms with van der Waals surface area (Å²) in [4.78, 5) is 0. The fourth-order valence-electron chi connectivity index (χ4n) is 1.52. The van der Waals surface area contributed by atoms with Crippen molar-refractivity contribution in [1.82, 2.24) is 10.6 Å². The van der Waals surface area contributed by atoms with Crippen LogP contribution in [-0.4, -0.2) is 19.1 Å². The second-order valence-electron chi connectivity index (χ2n) is 5.16. The molecule has 0 atom stereocenters. The van der Waals surface area contributed by atoms with E-state index in [9.17, 15) is 0 Å². The summed E-state index contributed by atoms with van der Waals surface area (Å²) in [7, 11) is 2.00. The molecule has 0 aliphatic heterocycles. The monoisotopic (exact) mass is 220 g/mol. The summed E-state index contributed by atoms with van der Waals surface area (Å²) < 4.78 is 0. The average molecular weight is 220 g/mol. The van der Waals surface area contributed by atoms with E-state index in [0.29, 0.717) is 0 Å². The van der Waals surface area contributed by atoms with Gasteiger partial charge in [-0.3, -0.25) is 0 Å². The quantitative estimate of drug-likeness (QED) is 0.796. The van der Waals surface area contributed by atoms with Crippen LogP contribution in [0.2, 0.25) is 0 Å². The highest BCUT2D eigenvalue weighted by atomic mass is 15.0. The number of nitrogens with one attached hydrogen (secondary N) is 2. The van der Waals surface area contributed by atoms with Crippen molar-refractivity contribution in [3.8, 4) is 0 Å². The molecule has 1 aromatic carbocycles. The second-order valence-corrected chi connectivity index (χ2v) is 5.16. The maximum Gasteiger partial charge on any atom is 0.0246 e. The summed E-state index contributed by atoms with van der Waals surface area (Å²) in [5.74, 6) is 0. The minimum atomic E-state index is 0.153. The molecule has 16 heavy (non-hydrogen) atoms. The molecule has 1 aromatic rings. The van der Waals surface area contributed by atoms with E-state index in [4.69, 9.17) is 0 Å². The van der Waals surface area contributed by atoms with E-state index in [1.54, 1.807) is 0 Å². The van der Waals surface area contributed by atoms with Gasteiger partial charge in [0.25, 0.3) is 0 Å². The van der Waals surface area contributed by atoms with Crippen molar-refractivity contribution in [2.24, 2.45) is 0 Å². The molecular weight excluding hydrogens is 196 g/mol. The molecule has 0 saturated carbocycles. The fourth-order valence-corrected chi connectivity index (χ4v) is 1.52. The Bertz CT molecular complexity index is 343. The molecule has 0 radical (unpaired) electrons. The van der Waals surface area contributed by atoms with Gasteiger partial charge in [0.2, 0.25) is 0 Å². The van der Waals surface area contributed by atoms with Gasteiger partial charge in [0.15, 0.2) is 0 Å². The van der Waals surface area contributed by atoms with Crippen molar-refractivity contribution in [1.29, 1.82) is 0 Å². The van der Waals surface area contributed by atoms with Gasteiger partial charge in [0.1, 0.15) is 0 Å². The Kier molecular flexibility index (Phi) is 4.51. The summed E-state index contributed by atoms with van der Waals surface area (Å²) in [6, 6.07) is 6.64. The van der Waals surface area contributed by atoms with Crippen LogP contribution in [0.4, 0.5) is 0 Å². The first-order valence-electron chi connectivity index (χ1n) is 5.90. The molecule has 0 fully saturated rings. The van der Waals surface area contributed by atoms with Crippen LogP contribution in [0.1, 0.15) is 30.5 Å². The number of hydrogen-bond acceptors (Lipinski definition) is 2. The Hall–Kier alpha value is -0.860. The molecule has 0 aromatic heterocycles. The number of hydrogen-bond donors (Lipinski definition) is 2. The van der Waals surface area contributed by atoms with Gasteiger partial charge >= 0.3 is 0 Å². The number of benzene rings is 1. The van der Waals surface area contributed by atoms with Crippen LogP contribution in [0.25, 0.3) is 0 Å². The molecule has 0 aliphatic carbocycles. The van der Waals surface area contributed by atoms with E-state index in [2.05, 4.69) is 56.5 Å². The highest BCUT2D eigenvalue weighted by Gasteiger charge is 2.13. The molecule has 0 bridgehead atoms. The Morgan fingerprint density at radius 2 is 1.81 bits per heavy atom. The SMILES string of the molecule is CNC(C)(C)CNCc1ccc(C)c(C)c1. The third-order valence-corrected chi connectivity index (χ3v) is 3.14. The average Bonchev–Trinajstić information content (AvgIpc) is 2.23. The van der Waals surface area contributed by atoms with Crippen LogP contribution in [0.15, 0.2) is 18.2 Å². The minimum Gasteiger partial charge on any atom is -0.314 e. The van der Waals surface area contributed by atoms with E-state index in [0.717, 1.165) is 13.1 Å². The Labute approximate surface area is 99.5 Å². The van der Waals surface area contributed by atoms with Gasteiger partial charge in [-0.15, -0.1) is 0 Å². The summed E-state index contributed by atoms with van der Waals surface area (Å²) >= 11 is 0. The van der Waals surface area contributed by atoms with Crippen molar-refractivity contribution in [2.45, 2.75) is 39.8 Å². The van der Waals surface area contributed by atoms with E-state index in [-0.39, 0.29) is 5.54 Å². The summed E-state index contributed by atoms with van der Waals surface area (Å²) in [6.07, 6.45) is 0.